The molecule has 2 N–H and O–H groups in total. The van der Waals surface area contributed by atoms with E-state index in [0.717, 1.165) is 0 Å². The summed E-state index contributed by atoms with van der Waals surface area (Å²) in [6, 6.07) is 0. The van der Waals surface area contributed by atoms with Crippen LogP contribution in [0.2, 0.25) is 0 Å². The topological polar surface area (TPSA) is 58.2 Å². The van der Waals surface area contributed by atoms with E-state index in [1.165, 1.54) is 14.1 Å². The van der Waals surface area contributed by atoms with Gasteiger partial charge in [-0.05, 0) is 6.92 Å². The molecule has 12 heavy (non-hydrogen) atoms. The Hall–Kier alpha value is -1.32. The standard InChI is InChI=1S/C8H14N2O2/c1-4-5-6(7(11)9-2)8(12)10-3/h4-6H,1-3H3,(H,9,11)(H,10,12). The second-order valence-electron chi connectivity index (χ2n) is 2.23. The fourth-order valence-corrected chi connectivity index (χ4v) is 0.797. The number of nitrogens with one attached hydrogen (secondary N) is 2. The number of allylic oxidation sites excluding steroid dienone is 1. The van der Waals surface area contributed by atoms with Gasteiger partial charge in [0.1, 0.15) is 5.92 Å². The zero-order valence-corrected chi connectivity index (χ0v) is 7.55. The Morgan fingerprint density at radius 2 is 1.58 bits per heavy atom. The first-order valence-corrected chi connectivity index (χ1v) is 3.73. The third-order valence-corrected chi connectivity index (χ3v) is 1.44. The molecule has 0 spiro atoms. The highest BCUT2D eigenvalue weighted by molar-refractivity contribution is 6.01. The van der Waals surface area contributed by atoms with Crippen molar-refractivity contribution >= 4 is 11.8 Å². The molecule has 0 radical (unpaired) electrons. The van der Waals surface area contributed by atoms with Gasteiger partial charge in [-0.15, -0.1) is 0 Å². The molecule has 0 aromatic heterocycles. The van der Waals surface area contributed by atoms with Gasteiger partial charge in [-0.25, -0.2) is 0 Å². The van der Waals surface area contributed by atoms with Crippen molar-refractivity contribution in [1.29, 1.82) is 0 Å². The predicted octanol–water partition coefficient (Wildman–Crippen LogP) is -0.329. The van der Waals surface area contributed by atoms with Crippen molar-refractivity contribution in [2.75, 3.05) is 14.1 Å². The van der Waals surface area contributed by atoms with E-state index in [0.29, 0.717) is 0 Å². The molecular formula is C8H14N2O2. The summed E-state index contributed by atoms with van der Waals surface area (Å²) in [5.74, 6) is -1.31. The highest BCUT2D eigenvalue weighted by Gasteiger charge is 2.20. The molecule has 4 nitrogen and oxygen atoms in total. The molecule has 0 atom stereocenters. The minimum Gasteiger partial charge on any atom is -0.358 e. The molecule has 68 valence electrons. The van der Waals surface area contributed by atoms with Crippen molar-refractivity contribution in [2.24, 2.45) is 5.92 Å². The van der Waals surface area contributed by atoms with Gasteiger partial charge in [0.25, 0.3) is 0 Å². The second kappa shape index (κ2) is 5.35. The van der Waals surface area contributed by atoms with Crippen molar-refractivity contribution in [3.8, 4) is 0 Å². The Morgan fingerprint density at radius 1 is 1.17 bits per heavy atom. The largest absolute Gasteiger partial charge is 0.358 e. The molecule has 0 unspecified atom stereocenters. The van der Waals surface area contributed by atoms with Crippen LogP contribution in [0.5, 0.6) is 0 Å². The summed E-state index contributed by atoms with van der Waals surface area (Å²) in [7, 11) is 3.00. The number of hydrogen-bond donors (Lipinski definition) is 2. The van der Waals surface area contributed by atoms with E-state index >= 15 is 0 Å². The number of carbonyl (C=O) groups is 2. The normalized spacial score (nSPS) is 10.3. The van der Waals surface area contributed by atoms with Crippen LogP contribution in [0.15, 0.2) is 12.2 Å². The monoisotopic (exact) mass is 170 g/mol. The van der Waals surface area contributed by atoms with Crippen LogP contribution in [0.3, 0.4) is 0 Å². The van der Waals surface area contributed by atoms with Crippen LogP contribution < -0.4 is 10.6 Å². The summed E-state index contributed by atoms with van der Waals surface area (Å²) >= 11 is 0. The minimum atomic E-state index is -0.718. The molecule has 2 amide bonds. The Morgan fingerprint density at radius 3 is 1.83 bits per heavy atom. The first-order valence-electron chi connectivity index (χ1n) is 3.73. The van der Waals surface area contributed by atoms with E-state index in [1.807, 2.05) is 0 Å². The quantitative estimate of drug-likeness (QED) is 0.450. The summed E-state index contributed by atoms with van der Waals surface area (Å²) in [5, 5.41) is 4.83. The van der Waals surface area contributed by atoms with E-state index in [-0.39, 0.29) is 11.8 Å². The van der Waals surface area contributed by atoms with E-state index < -0.39 is 5.92 Å². The second-order valence-corrected chi connectivity index (χ2v) is 2.23. The van der Waals surface area contributed by atoms with Crippen LogP contribution >= 0.6 is 0 Å². The first kappa shape index (κ1) is 10.7. The maximum atomic E-state index is 11.1. The summed E-state index contributed by atoms with van der Waals surface area (Å²) in [4.78, 5) is 22.2. The molecule has 0 aliphatic rings. The van der Waals surface area contributed by atoms with Gasteiger partial charge in [-0.1, -0.05) is 12.2 Å². The highest BCUT2D eigenvalue weighted by Crippen LogP contribution is 1.98. The van der Waals surface area contributed by atoms with Crippen molar-refractivity contribution in [3.63, 3.8) is 0 Å². The maximum Gasteiger partial charge on any atom is 0.236 e. The molecule has 4 heteroatoms. The average Bonchev–Trinajstić information content (AvgIpc) is 2.11. The average molecular weight is 170 g/mol. The molecule has 0 aliphatic heterocycles. The number of rotatable bonds is 3. The fourth-order valence-electron chi connectivity index (χ4n) is 0.797. The molecule has 0 aromatic carbocycles. The van der Waals surface area contributed by atoms with Gasteiger partial charge in [-0.3, -0.25) is 9.59 Å². The molecule has 0 saturated carbocycles. The lowest BCUT2D eigenvalue weighted by molar-refractivity contribution is -0.132. The third kappa shape index (κ3) is 2.74. The van der Waals surface area contributed by atoms with E-state index in [1.54, 1.807) is 19.1 Å². The highest BCUT2D eigenvalue weighted by atomic mass is 16.2. The molecule has 0 aliphatic carbocycles. The van der Waals surface area contributed by atoms with Crippen molar-refractivity contribution < 1.29 is 9.59 Å². The van der Waals surface area contributed by atoms with Gasteiger partial charge in [0.15, 0.2) is 0 Å². The van der Waals surface area contributed by atoms with Crippen LogP contribution in [0.4, 0.5) is 0 Å². The van der Waals surface area contributed by atoms with Gasteiger partial charge in [0, 0.05) is 14.1 Å². The molecule has 0 rings (SSSR count). The molecule has 0 aromatic rings. The first-order chi connectivity index (χ1) is 5.67. The maximum absolute atomic E-state index is 11.1. The van der Waals surface area contributed by atoms with Crippen molar-refractivity contribution in [2.45, 2.75) is 6.92 Å². The molecule has 0 fully saturated rings. The molecule has 0 saturated heterocycles. The fraction of sp³-hybridized carbons (Fsp3) is 0.500. The van der Waals surface area contributed by atoms with E-state index in [9.17, 15) is 9.59 Å². The lowest BCUT2D eigenvalue weighted by atomic mass is 10.1. The smallest absolute Gasteiger partial charge is 0.236 e. The molecular weight excluding hydrogens is 156 g/mol. The lowest BCUT2D eigenvalue weighted by Crippen LogP contribution is -2.37. The third-order valence-electron chi connectivity index (χ3n) is 1.44. The van der Waals surface area contributed by atoms with Crippen LogP contribution in [0, 0.1) is 5.92 Å². The van der Waals surface area contributed by atoms with Crippen LogP contribution in [0.25, 0.3) is 0 Å². The summed E-state index contributed by atoms with van der Waals surface area (Å²) in [6.45, 7) is 1.76. The predicted molar refractivity (Wildman–Crippen MR) is 46.4 cm³/mol. The van der Waals surface area contributed by atoms with Crippen LogP contribution in [-0.2, 0) is 9.59 Å². The summed E-state index contributed by atoms with van der Waals surface area (Å²) in [6.07, 6.45) is 3.23. The Balaban J connectivity index is 4.43. The van der Waals surface area contributed by atoms with Gasteiger partial charge in [-0.2, -0.15) is 0 Å². The Kier molecular flexibility index (Phi) is 4.76. The lowest BCUT2D eigenvalue weighted by Gasteiger charge is -2.08. The number of carbonyl (C=O) groups excluding carboxylic acids is 2. The number of amides is 2. The van der Waals surface area contributed by atoms with Crippen LogP contribution in [0.1, 0.15) is 6.92 Å². The Labute approximate surface area is 72.0 Å². The number of hydrogen-bond acceptors (Lipinski definition) is 2. The zero-order valence-electron chi connectivity index (χ0n) is 7.55. The van der Waals surface area contributed by atoms with Gasteiger partial charge in [0.2, 0.25) is 11.8 Å². The summed E-state index contributed by atoms with van der Waals surface area (Å²) in [5.41, 5.74) is 0. The zero-order chi connectivity index (χ0) is 9.56. The van der Waals surface area contributed by atoms with E-state index in [2.05, 4.69) is 10.6 Å². The van der Waals surface area contributed by atoms with Gasteiger partial charge in [0.05, 0.1) is 0 Å². The SMILES string of the molecule is CC=CC(C(=O)NC)C(=O)NC. The molecule has 0 heterocycles. The molecule has 0 bridgehead atoms. The summed E-state index contributed by atoms with van der Waals surface area (Å²) < 4.78 is 0. The Bertz CT molecular complexity index is 183. The van der Waals surface area contributed by atoms with Crippen molar-refractivity contribution in [1.82, 2.24) is 10.6 Å². The van der Waals surface area contributed by atoms with Crippen molar-refractivity contribution in [3.05, 3.63) is 12.2 Å². The van der Waals surface area contributed by atoms with Gasteiger partial charge < -0.3 is 10.6 Å². The van der Waals surface area contributed by atoms with Gasteiger partial charge >= 0.3 is 0 Å². The minimum absolute atomic E-state index is 0.299. The van der Waals surface area contributed by atoms with Crippen LogP contribution in [-0.4, -0.2) is 25.9 Å². The van der Waals surface area contributed by atoms with E-state index in [4.69, 9.17) is 0 Å².